The lowest BCUT2D eigenvalue weighted by atomic mass is 9.98. The van der Waals surface area contributed by atoms with Crippen molar-refractivity contribution in [2.75, 3.05) is 0 Å². The van der Waals surface area contributed by atoms with Crippen LogP contribution in [0.1, 0.15) is 25.7 Å². The van der Waals surface area contributed by atoms with Crippen LogP contribution in [-0.2, 0) is 0 Å². The minimum Gasteiger partial charge on any atom is -0.167 e. The zero-order chi connectivity index (χ0) is 9.53. The molecule has 0 aromatic carbocycles. The quantitative estimate of drug-likeness (QED) is 0.589. The van der Waals surface area contributed by atoms with E-state index in [4.69, 9.17) is 0 Å². The van der Waals surface area contributed by atoms with Gasteiger partial charge < -0.3 is 0 Å². The molecular weight excluding hydrogens is 177 g/mol. The zero-order valence-corrected chi connectivity index (χ0v) is 7.19. The van der Waals surface area contributed by atoms with E-state index in [1.807, 2.05) is 6.08 Å². The van der Waals surface area contributed by atoms with E-state index in [9.17, 15) is 13.2 Å². The normalized spacial score (nSPS) is 25.6. The Morgan fingerprint density at radius 2 is 1.92 bits per heavy atom. The lowest BCUT2D eigenvalue weighted by Gasteiger charge is -2.08. The van der Waals surface area contributed by atoms with Gasteiger partial charge in [0.2, 0.25) is 0 Å². The number of rotatable bonds is 1. The number of hydrogen-bond acceptors (Lipinski definition) is 0. The van der Waals surface area contributed by atoms with Crippen molar-refractivity contribution in [3.63, 3.8) is 0 Å². The summed E-state index contributed by atoms with van der Waals surface area (Å²) in [5.41, 5.74) is 1.06. The Kier molecular flexibility index (Phi) is 1.79. The Labute approximate surface area is 75.1 Å². The van der Waals surface area contributed by atoms with Crippen LogP contribution in [0.15, 0.2) is 23.8 Å². The summed E-state index contributed by atoms with van der Waals surface area (Å²) in [6.07, 6.45) is 3.50. The average molecular weight is 188 g/mol. The summed E-state index contributed by atoms with van der Waals surface area (Å²) in [4.78, 5) is 0. The van der Waals surface area contributed by atoms with Crippen LogP contribution in [0.3, 0.4) is 0 Å². The summed E-state index contributed by atoms with van der Waals surface area (Å²) in [6, 6.07) is 0. The molecule has 3 heteroatoms. The molecule has 72 valence electrons. The summed E-state index contributed by atoms with van der Waals surface area (Å²) in [5.74, 6) is 0. The Morgan fingerprint density at radius 1 is 1.23 bits per heavy atom. The van der Waals surface area contributed by atoms with Gasteiger partial charge in [0.05, 0.1) is 0 Å². The Bertz CT molecular complexity index is 266. The number of halogens is 3. The van der Waals surface area contributed by atoms with E-state index in [0.717, 1.165) is 31.3 Å². The molecule has 1 spiro atoms. The molecule has 0 amide bonds. The summed E-state index contributed by atoms with van der Waals surface area (Å²) in [6.45, 7) is 0. The van der Waals surface area contributed by atoms with Crippen LogP contribution in [0.5, 0.6) is 0 Å². The first-order chi connectivity index (χ1) is 6.02. The summed E-state index contributed by atoms with van der Waals surface area (Å²) in [5, 5.41) is 0. The molecule has 0 heterocycles. The van der Waals surface area contributed by atoms with Crippen molar-refractivity contribution in [3.05, 3.63) is 23.8 Å². The minimum absolute atomic E-state index is 0.155. The van der Waals surface area contributed by atoms with Crippen molar-refractivity contribution in [1.29, 1.82) is 0 Å². The van der Waals surface area contributed by atoms with E-state index in [2.05, 4.69) is 0 Å². The first-order valence-corrected chi connectivity index (χ1v) is 4.49. The van der Waals surface area contributed by atoms with Crippen molar-refractivity contribution in [2.45, 2.75) is 31.9 Å². The predicted octanol–water partition coefficient (Wildman–Crippen LogP) is 3.61. The lowest BCUT2D eigenvalue weighted by molar-refractivity contribution is -0.0798. The molecule has 0 bridgehead atoms. The van der Waals surface area contributed by atoms with Crippen LogP contribution in [0.2, 0.25) is 0 Å². The Balaban J connectivity index is 2.06. The van der Waals surface area contributed by atoms with Crippen molar-refractivity contribution < 1.29 is 13.2 Å². The summed E-state index contributed by atoms with van der Waals surface area (Å²) in [7, 11) is 0. The molecule has 2 aliphatic carbocycles. The molecule has 2 rings (SSSR count). The van der Waals surface area contributed by atoms with Gasteiger partial charge >= 0.3 is 6.18 Å². The minimum atomic E-state index is -4.17. The third kappa shape index (κ3) is 1.79. The molecule has 1 fully saturated rings. The predicted molar refractivity (Wildman–Crippen MR) is 44.2 cm³/mol. The molecule has 0 nitrogen and oxygen atoms in total. The van der Waals surface area contributed by atoms with Crippen LogP contribution in [0.4, 0.5) is 13.2 Å². The average Bonchev–Trinajstić information content (AvgIpc) is 2.60. The van der Waals surface area contributed by atoms with E-state index in [-0.39, 0.29) is 5.41 Å². The van der Waals surface area contributed by atoms with Crippen LogP contribution < -0.4 is 0 Å². The van der Waals surface area contributed by atoms with E-state index < -0.39 is 6.18 Å². The number of alkyl halides is 3. The van der Waals surface area contributed by atoms with Crippen molar-refractivity contribution in [1.82, 2.24) is 0 Å². The summed E-state index contributed by atoms with van der Waals surface area (Å²) >= 11 is 0. The highest BCUT2D eigenvalue weighted by Gasteiger charge is 2.46. The fourth-order valence-electron chi connectivity index (χ4n) is 1.98. The molecule has 0 aromatic rings. The van der Waals surface area contributed by atoms with Gasteiger partial charge in [-0.1, -0.05) is 12.2 Å². The van der Waals surface area contributed by atoms with Gasteiger partial charge in [-0.15, -0.1) is 0 Å². The van der Waals surface area contributed by atoms with Gasteiger partial charge in [-0.05, 0) is 36.7 Å². The van der Waals surface area contributed by atoms with Crippen molar-refractivity contribution in [2.24, 2.45) is 5.41 Å². The number of hydrogen-bond donors (Lipinski definition) is 0. The highest BCUT2D eigenvalue weighted by molar-refractivity contribution is 5.36. The van der Waals surface area contributed by atoms with E-state index in [1.165, 1.54) is 6.08 Å². The van der Waals surface area contributed by atoms with E-state index in [1.54, 1.807) is 0 Å². The maximum Gasteiger partial charge on any atom is 0.409 e. The molecule has 2 aliphatic rings. The molecule has 13 heavy (non-hydrogen) atoms. The first-order valence-electron chi connectivity index (χ1n) is 4.49. The molecule has 0 atom stereocenters. The molecule has 0 saturated heterocycles. The monoisotopic (exact) mass is 188 g/mol. The zero-order valence-electron chi connectivity index (χ0n) is 7.19. The highest BCUT2D eigenvalue weighted by Crippen LogP contribution is 2.59. The van der Waals surface area contributed by atoms with Crippen LogP contribution in [-0.4, -0.2) is 6.18 Å². The SMILES string of the molecule is FC(F)(F)C=CC1=CCCC12CC2. The third-order valence-electron chi connectivity index (χ3n) is 2.90. The highest BCUT2D eigenvalue weighted by atomic mass is 19.4. The molecule has 0 unspecified atom stereocenters. The fourth-order valence-corrected chi connectivity index (χ4v) is 1.98. The van der Waals surface area contributed by atoms with Gasteiger partial charge in [0.1, 0.15) is 0 Å². The molecule has 0 aromatic heterocycles. The maximum absolute atomic E-state index is 11.9. The van der Waals surface area contributed by atoms with Crippen LogP contribution in [0, 0.1) is 5.41 Å². The van der Waals surface area contributed by atoms with Crippen molar-refractivity contribution >= 4 is 0 Å². The second-order valence-corrected chi connectivity index (χ2v) is 3.85. The molecule has 0 radical (unpaired) electrons. The van der Waals surface area contributed by atoms with Gasteiger partial charge in [0, 0.05) is 6.08 Å². The van der Waals surface area contributed by atoms with Crippen LogP contribution in [0.25, 0.3) is 0 Å². The third-order valence-corrected chi connectivity index (χ3v) is 2.90. The first kappa shape index (κ1) is 8.85. The second kappa shape index (κ2) is 2.63. The van der Waals surface area contributed by atoms with Gasteiger partial charge in [-0.25, -0.2) is 0 Å². The van der Waals surface area contributed by atoms with Gasteiger partial charge in [0.25, 0.3) is 0 Å². The van der Waals surface area contributed by atoms with Gasteiger partial charge in [0.15, 0.2) is 0 Å². The van der Waals surface area contributed by atoms with Gasteiger partial charge in [-0.2, -0.15) is 13.2 Å². The van der Waals surface area contributed by atoms with E-state index in [0.29, 0.717) is 6.08 Å². The molecular formula is C10H11F3. The Morgan fingerprint density at radius 3 is 2.46 bits per heavy atom. The lowest BCUT2D eigenvalue weighted by Crippen LogP contribution is -2.02. The topological polar surface area (TPSA) is 0 Å². The van der Waals surface area contributed by atoms with Crippen molar-refractivity contribution in [3.8, 4) is 0 Å². The molecule has 1 saturated carbocycles. The van der Waals surface area contributed by atoms with E-state index >= 15 is 0 Å². The van der Waals surface area contributed by atoms with Crippen LogP contribution >= 0.6 is 0 Å². The summed E-state index contributed by atoms with van der Waals surface area (Å²) < 4.78 is 35.6. The fraction of sp³-hybridized carbons (Fsp3) is 0.600. The smallest absolute Gasteiger partial charge is 0.167 e. The van der Waals surface area contributed by atoms with Gasteiger partial charge in [-0.3, -0.25) is 0 Å². The molecule has 0 N–H and O–H groups in total. The second-order valence-electron chi connectivity index (χ2n) is 3.85. The largest absolute Gasteiger partial charge is 0.409 e. The number of allylic oxidation sites excluding steroid dienone is 4. The molecule has 0 aliphatic heterocycles. The maximum atomic E-state index is 11.9. The standard InChI is InChI=1S/C10H11F3/c11-10(12,13)5-3-8-2-1-4-9(8)6-7-9/h2-3,5H,1,4,6-7H2. The Hall–Kier alpha value is -0.730.